The van der Waals surface area contributed by atoms with Crippen LogP contribution in [0.4, 0.5) is 0 Å². The van der Waals surface area contributed by atoms with Crippen LogP contribution in [0.3, 0.4) is 0 Å². The van der Waals surface area contributed by atoms with Crippen LogP contribution in [0.1, 0.15) is 26.3 Å². The first-order chi connectivity index (χ1) is 19.5. The van der Waals surface area contributed by atoms with E-state index in [1.165, 1.54) is 4.90 Å². The molecule has 0 saturated carbocycles. The summed E-state index contributed by atoms with van der Waals surface area (Å²) in [7, 11) is 0. The lowest BCUT2D eigenvalue weighted by atomic mass is 9.99. The molecule has 0 saturated heterocycles. The highest BCUT2D eigenvalue weighted by molar-refractivity contribution is 6.21. The van der Waals surface area contributed by atoms with E-state index in [-0.39, 0.29) is 51.3 Å². The fourth-order valence-electron chi connectivity index (χ4n) is 4.44. The predicted octanol–water partition coefficient (Wildman–Crippen LogP) is 1.50. The lowest BCUT2D eigenvalue weighted by Gasteiger charge is -2.23. The molecule has 3 aromatic carbocycles. The van der Waals surface area contributed by atoms with E-state index in [0.717, 1.165) is 0 Å². The first-order valence-corrected chi connectivity index (χ1v) is 13.1. The van der Waals surface area contributed by atoms with Gasteiger partial charge in [0.15, 0.2) is 23.0 Å². The van der Waals surface area contributed by atoms with Crippen molar-refractivity contribution in [2.75, 3.05) is 52.6 Å². The molecular weight excluding hydrogens is 514 g/mol. The topological polar surface area (TPSA) is 178 Å². The van der Waals surface area contributed by atoms with Gasteiger partial charge in [-0.15, -0.1) is 0 Å². The van der Waals surface area contributed by atoms with Crippen LogP contribution in [0.15, 0.2) is 54.6 Å². The van der Waals surface area contributed by atoms with Gasteiger partial charge in [-0.1, -0.05) is 30.3 Å². The third-order valence-corrected chi connectivity index (χ3v) is 6.14. The van der Waals surface area contributed by atoms with Gasteiger partial charge >= 0.3 is 0 Å². The summed E-state index contributed by atoms with van der Waals surface area (Å²) in [5.41, 5.74) is 25.5. The minimum absolute atomic E-state index is 0.0261. The van der Waals surface area contributed by atoms with Gasteiger partial charge in [0.1, 0.15) is 26.4 Å². The quantitative estimate of drug-likeness (QED) is 0.203. The number of carbonyl (C=O) groups is 2. The molecule has 1 aliphatic heterocycles. The molecule has 40 heavy (non-hydrogen) atoms. The highest BCUT2D eigenvalue weighted by atomic mass is 16.5. The number of amides is 2. The maximum Gasteiger partial charge on any atom is 0.261 e. The molecule has 8 N–H and O–H groups in total. The van der Waals surface area contributed by atoms with E-state index in [1.54, 1.807) is 36.4 Å². The SMILES string of the molecule is NCCOc1cccc(-c2ccc(CN3C(=O)c4ccccc4C3=O)c(OCCN)c2OCCN)c1OCCN. The van der Waals surface area contributed by atoms with Gasteiger partial charge < -0.3 is 41.9 Å². The summed E-state index contributed by atoms with van der Waals surface area (Å²) in [6, 6.07) is 15.8. The molecule has 4 rings (SSSR count). The van der Waals surface area contributed by atoms with E-state index < -0.39 is 0 Å². The summed E-state index contributed by atoms with van der Waals surface area (Å²) in [6.45, 7) is 1.99. The first kappa shape index (κ1) is 28.8. The second-order valence-electron chi connectivity index (χ2n) is 8.85. The van der Waals surface area contributed by atoms with Crippen molar-refractivity contribution >= 4 is 11.8 Å². The maximum absolute atomic E-state index is 13.1. The molecule has 1 aliphatic rings. The number of benzene rings is 3. The van der Waals surface area contributed by atoms with Crippen LogP contribution in [0.25, 0.3) is 11.1 Å². The molecule has 212 valence electrons. The molecule has 0 bridgehead atoms. The molecule has 2 amide bonds. The van der Waals surface area contributed by atoms with E-state index in [4.69, 9.17) is 41.9 Å². The molecule has 1 heterocycles. The summed E-state index contributed by atoms with van der Waals surface area (Å²) in [5.74, 6) is 0.951. The number of nitrogens with two attached hydrogens (primary N) is 4. The average Bonchev–Trinajstić information content (AvgIpc) is 3.22. The average molecular weight is 550 g/mol. The normalized spacial score (nSPS) is 12.4. The Kier molecular flexibility index (Phi) is 9.92. The Balaban J connectivity index is 1.83. The summed E-state index contributed by atoms with van der Waals surface area (Å²) >= 11 is 0. The highest BCUT2D eigenvalue weighted by Gasteiger charge is 2.36. The Hall–Kier alpha value is -4.16. The number of ether oxygens (including phenoxy) is 4. The van der Waals surface area contributed by atoms with Gasteiger partial charge in [0.25, 0.3) is 11.8 Å². The van der Waals surface area contributed by atoms with Crippen LogP contribution in [-0.2, 0) is 6.54 Å². The third kappa shape index (κ3) is 6.02. The Morgan fingerprint density at radius 3 is 1.62 bits per heavy atom. The lowest BCUT2D eigenvalue weighted by molar-refractivity contribution is 0.0641. The summed E-state index contributed by atoms with van der Waals surface area (Å²) < 4.78 is 24.1. The summed E-state index contributed by atoms with van der Waals surface area (Å²) in [4.78, 5) is 27.4. The second-order valence-corrected chi connectivity index (χ2v) is 8.85. The Morgan fingerprint density at radius 2 is 1.02 bits per heavy atom. The van der Waals surface area contributed by atoms with Crippen molar-refractivity contribution in [2.45, 2.75) is 6.54 Å². The van der Waals surface area contributed by atoms with E-state index in [1.807, 2.05) is 18.2 Å². The number of hydrogen-bond acceptors (Lipinski definition) is 10. The van der Waals surface area contributed by atoms with Crippen molar-refractivity contribution in [1.82, 2.24) is 4.90 Å². The molecule has 3 aromatic rings. The van der Waals surface area contributed by atoms with Crippen molar-refractivity contribution in [3.05, 3.63) is 71.3 Å². The molecule has 0 atom stereocenters. The number of carbonyl (C=O) groups excluding carboxylic acids is 2. The largest absolute Gasteiger partial charge is 0.488 e. The highest BCUT2D eigenvalue weighted by Crippen LogP contribution is 2.47. The minimum Gasteiger partial charge on any atom is -0.488 e. The zero-order chi connectivity index (χ0) is 28.5. The van der Waals surface area contributed by atoms with Crippen LogP contribution in [0.2, 0.25) is 0 Å². The third-order valence-electron chi connectivity index (χ3n) is 6.14. The van der Waals surface area contributed by atoms with Gasteiger partial charge in [-0.25, -0.2) is 0 Å². The fourth-order valence-corrected chi connectivity index (χ4v) is 4.44. The van der Waals surface area contributed by atoms with Crippen molar-refractivity contribution in [1.29, 1.82) is 0 Å². The van der Waals surface area contributed by atoms with Gasteiger partial charge in [0.2, 0.25) is 0 Å². The van der Waals surface area contributed by atoms with E-state index >= 15 is 0 Å². The van der Waals surface area contributed by atoms with E-state index in [2.05, 4.69) is 0 Å². The van der Waals surface area contributed by atoms with Crippen LogP contribution in [0, 0.1) is 0 Å². The summed E-state index contributed by atoms with van der Waals surface area (Å²) in [6.07, 6.45) is 0. The van der Waals surface area contributed by atoms with Crippen molar-refractivity contribution < 1.29 is 28.5 Å². The number of rotatable bonds is 15. The van der Waals surface area contributed by atoms with Gasteiger partial charge in [-0.3, -0.25) is 14.5 Å². The second kappa shape index (κ2) is 13.8. The minimum atomic E-state index is -0.374. The Labute approximate surface area is 232 Å². The van der Waals surface area contributed by atoms with Crippen LogP contribution in [-0.4, -0.2) is 69.3 Å². The van der Waals surface area contributed by atoms with Crippen molar-refractivity contribution in [2.24, 2.45) is 22.9 Å². The molecule has 11 nitrogen and oxygen atoms in total. The van der Waals surface area contributed by atoms with Gasteiger partial charge in [0, 0.05) is 42.9 Å². The zero-order valence-electron chi connectivity index (χ0n) is 22.3. The van der Waals surface area contributed by atoms with Gasteiger partial charge in [-0.2, -0.15) is 0 Å². The van der Waals surface area contributed by atoms with Crippen LogP contribution < -0.4 is 41.9 Å². The van der Waals surface area contributed by atoms with Gasteiger partial charge in [-0.05, 0) is 24.3 Å². The molecule has 0 aliphatic carbocycles. The standard InChI is InChI=1S/C29H35N5O6/c30-10-14-37-24-7-3-6-20(26(24)39-16-12-32)21-9-8-19(25(38-15-11-31)27(21)40-17-13-33)18-34-28(35)22-4-1-2-5-23(22)29(34)36/h1-9H,10-18,30-33H2. The zero-order valence-corrected chi connectivity index (χ0v) is 22.3. The number of hydrogen-bond donors (Lipinski definition) is 4. The van der Waals surface area contributed by atoms with E-state index in [0.29, 0.717) is 70.5 Å². The van der Waals surface area contributed by atoms with Crippen molar-refractivity contribution in [3.8, 4) is 34.1 Å². The Bertz CT molecular complexity index is 1310. The fraction of sp³-hybridized carbons (Fsp3) is 0.310. The lowest BCUT2D eigenvalue weighted by Crippen LogP contribution is -2.29. The predicted molar refractivity (Wildman–Crippen MR) is 151 cm³/mol. The van der Waals surface area contributed by atoms with Crippen LogP contribution in [0.5, 0.6) is 23.0 Å². The monoisotopic (exact) mass is 549 g/mol. The molecule has 0 aromatic heterocycles. The number of fused-ring (bicyclic) bond motifs is 1. The van der Waals surface area contributed by atoms with Gasteiger partial charge in [0.05, 0.1) is 17.7 Å². The Morgan fingerprint density at radius 1 is 0.525 bits per heavy atom. The molecule has 0 fully saturated rings. The number of nitrogens with zero attached hydrogens (tertiary/aromatic N) is 1. The number of imide groups is 1. The smallest absolute Gasteiger partial charge is 0.261 e. The molecule has 0 spiro atoms. The maximum atomic E-state index is 13.1. The molecular formula is C29H35N5O6. The van der Waals surface area contributed by atoms with E-state index in [9.17, 15) is 9.59 Å². The van der Waals surface area contributed by atoms with Crippen LogP contribution >= 0.6 is 0 Å². The molecule has 0 radical (unpaired) electrons. The first-order valence-electron chi connectivity index (χ1n) is 13.1. The number of para-hydroxylation sites is 1. The molecule has 0 unspecified atom stereocenters. The molecule has 11 heteroatoms. The summed E-state index contributed by atoms with van der Waals surface area (Å²) in [5, 5.41) is 0. The van der Waals surface area contributed by atoms with Crippen molar-refractivity contribution in [3.63, 3.8) is 0 Å².